The molecule has 0 spiro atoms. The predicted octanol–water partition coefficient (Wildman–Crippen LogP) is 1.54. The van der Waals surface area contributed by atoms with Crippen LogP contribution < -0.4 is 11.1 Å². The summed E-state index contributed by atoms with van der Waals surface area (Å²) in [5, 5.41) is 11.9. The van der Waals surface area contributed by atoms with E-state index in [4.69, 9.17) is 22.1 Å². The number of carboxylic acid groups (broad SMARTS) is 1. The Morgan fingerprint density at radius 3 is 2.68 bits per heavy atom. The Labute approximate surface area is 135 Å². The van der Waals surface area contributed by atoms with Crippen LogP contribution in [-0.4, -0.2) is 41.3 Å². The zero-order chi connectivity index (χ0) is 16.7. The molecule has 0 aromatic rings. The van der Waals surface area contributed by atoms with Gasteiger partial charge in [-0.05, 0) is 25.3 Å². The van der Waals surface area contributed by atoms with E-state index < -0.39 is 24.2 Å². The molecule has 0 saturated carbocycles. The maximum Gasteiger partial charge on any atom is 0.331 e. The summed E-state index contributed by atoms with van der Waals surface area (Å²) in [5.41, 5.74) is 7.36. The van der Waals surface area contributed by atoms with Crippen molar-refractivity contribution in [3.63, 3.8) is 0 Å². The first-order chi connectivity index (χ1) is 10.4. The average molecular weight is 331 g/mol. The highest BCUT2D eigenvalue weighted by atomic mass is 35.5. The number of hydrogen-bond donors (Lipinski definition) is 3. The minimum absolute atomic E-state index is 0.0235. The Bertz CT molecular complexity index is 460. The molecule has 0 bridgehead atoms. The van der Waals surface area contributed by atoms with E-state index in [2.05, 4.69) is 5.32 Å². The van der Waals surface area contributed by atoms with Crippen LogP contribution in [0.15, 0.2) is 23.3 Å². The predicted molar refractivity (Wildman–Crippen MR) is 84.5 cm³/mol. The Kier molecular flexibility index (Phi) is 7.58. The van der Waals surface area contributed by atoms with Gasteiger partial charge in [0, 0.05) is 23.2 Å². The number of ether oxygens (including phenoxy) is 1. The molecule has 1 rings (SSSR count). The molecule has 124 valence electrons. The molecule has 3 unspecified atom stereocenters. The third kappa shape index (κ3) is 5.12. The minimum atomic E-state index is -1.01. The van der Waals surface area contributed by atoms with Crippen LogP contribution >= 0.6 is 11.6 Å². The van der Waals surface area contributed by atoms with Gasteiger partial charge < -0.3 is 20.9 Å². The van der Waals surface area contributed by atoms with Gasteiger partial charge in [-0.3, -0.25) is 4.79 Å². The second-order valence-electron chi connectivity index (χ2n) is 5.23. The number of halogens is 1. The topological polar surface area (TPSA) is 102 Å². The highest BCUT2D eigenvalue weighted by molar-refractivity contribution is 6.26. The zero-order valence-corrected chi connectivity index (χ0v) is 13.5. The van der Waals surface area contributed by atoms with Gasteiger partial charge in [0.25, 0.3) is 0 Å². The summed E-state index contributed by atoms with van der Waals surface area (Å²) in [5.74, 6) is -1.40. The Morgan fingerprint density at radius 1 is 1.55 bits per heavy atom. The summed E-state index contributed by atoms with van der Waals surface area (Å²) >= 11 is 5.39. The molecule has 1 aliphatic rings. The summed E-state index contributed by atoms with van der Waals surface area (Å²) < 4.78 is 5.94. The van der Waals surface area contributed by atoms with E-state index in [9.17, 15) is 14.7 Å². The first-order valence-electron chi connectivity index (χ1n) is 7.35. The van der Waals surface area contributed by atoms with Crippen molar-refractivity contribution in [1.82, 2.24) is 5.32 Å². The van der Waals surface area contributed by atoms with Gasteiger partial charge in [-0.1, -0.05) is 25.4 Å². The molecule has 7 heteroatoms. The van der Waals surface area contributed by atoms with Crippen LogP contribution in [0.3, 0.4) is 0 Å². The number of rotatable bonds is 7. The molecule has 0 aromatic heterocycles. The number of hydrogen-bond acceptors (Lipinski definition) is 4. The van der Waals surface area contributed by atoms with Crippen molar-refractivity contribution in [2.45, 2.75) is 57.4 Å². The fraction of sp³-hybridized carbons (Fsp3) is 0.600. The normalized spacial score (nSPS) is 25.3. The SMILES string of the molecule is CCC(CC)OC1C=C(C(=O)O)CC(N)C1NC(=O)C=CCl. The van der Waals surface area contributed by atoms with Crippen molar-refractivity contribution in [1.29, 1.82) is 0 Å². The Hall–Kier alpha value is -1.37. The summed E-state index contributed by atoms with van der Waals surface area (Å²) in [6, 6.07) is -1.03. The van der Waals surface area contributed by atoms with E-state index in [1.807, 2.05) is 13.8 Å². The number of amides is 1. The molecule has 0 radical (unpaired) electrons. The van der Waals surface area contributed by atoms with Crippen molar-refractivity contribution < 1.29 is 19.4 Å². The van der Waals surface area contributed by atoms with E-state index in [0.717, 1.165) is 18.4 Å². The van der Waals surface area contributed by atoms with Crippen LogP contribution in [0.2, 0.25) is 0 Å². The largest absolute Gasteiger partial charge is 0.478 e. The fourth-order valence-electron chi connectivity index (χ4n) is 2.44. The summed E-state index contributed by atoms with van der Waals surface area (Å²) in [4.78, 5) is 22.9. The van der Waals surface area contributed by atoms with Crippen molar-refractivity contribution in [3.05, 3.63) is 23.3 Å². The molecular formula is C15H23ClN2O4. The van der Waals surface area contributed by atoms with Crippen LogP contribution in [0.25, 0.3) is 0 Å². The van der Waals surface area contributed by atoms with Gasteiger partial charge in [-0.2, -0.15) is 0 Å². The van der Waals surface area contributed by atoms with E-state index >= 15 is 0 Å². The number of nitrogens with one attached hydrogen (secondary N) is 1. The van der Waals surface area contributed by atoms with E-state index in [-0.39, 0.29) is 24.0 Å². The van der Waals surface area contributed by atoms with Gasteiger partial charge >= 0.3 is 5.97 Å². The van der Waals surface area contributed by atoms with Gasteiger partial charge in [0.1, 0.15) is 0 Å². The molecule has 6 nitrogen and oxygen atoms in total. The lowest BCUT2D eigenvalue weighted by molar-refractivity contribution is -0.133. The Balaban J connectivity index is 2.98. The lowest BCUT2D eigenvalue weighted by Crippen LogP contribution is -2.57. The van der Waals surface area contributed by atoms with Crippen LogP contribution in [0.1, 0.15) is 33.1 Å². The molecule has 4 N–H and O–H groups in total. The number of aliphatic carboxylic acids is 1. The smallest absolute Gasteiger partial charge is 0.331 e. The van der Waals surface area contributed by atoms with Gasteiger partial charge in [0.15, 0.2) is 0 Å². The van der Waals surface area contributed by atoms with Gasteiger partial charge in [-0.15, -0.1) is 0 Å². The van der Waals surface area contributed by atoms with Gasteiger partial charge in [-0.25, -0.2) is 4.79 Å². The summed E-state index contributed by atoms with van der Waals surface area (Å²) in [7, 11) is 0. The highest BCUT2D eigenvalue weighted by Crippen LogP contribution is 2.23. The molecule has 3 atom stereocenters. The van der Waals surface area contributed by atoms with Crippen LogP contribution in [0.5, 0.6) is 0 Å². The lowest BCUT2D eigenvalue weighted by atomic mass is 9.88. The molecule has 0 saturated heterocycles. The molecule has 0 fully saturated rings. The third-order valence-electron chi connectivity index (χ3n) is 3.69. The van der Waals surface area contributed by atoms with Crippen LogP contribution in [-0.2, 0) is 14.3 Å². The molecule has 0 aliphatic heterocycles. The lowest BCUT2D eigenvalue weighted by Gasteiger charge is -2.36. The molecular weight excluding hydrogens is 308 g/mol. The van der Waals surface area contributed by atoms with E-state index in [0.29, 0.717) is 0 Å². The number of nitrogens with two attached hydrogens (primary N) is 1. The highest BCUT2D eigenvalue weighted by Gasteiger charge is 2.35. The Morgan fingerprint density at radius 2 is 2.18 bits per heavy atom. The first kappa shape index (κ1) is 18.7. The van der Waals surface area contributed by atoms with Gasteiger partial charge in [0.05, 0.1) is 18.2 Å². The van der Waals surface area contributed by atoms with Gasteiger partial charge in [0.2, 0.25) is 5.91 Å². The van der Waals surface area contributed by atoms with Crippen LogP contribution in [0, 0.1) is 0 Å². The maximum absolute atomic E-state index is 11.7. The monoisotopic (exact) mass is 330 g/mol. The molecule has 0 heterocycles. The third-order valence-corrected chi connectivity index (χ3v) is 3.82. The molecule has 0 aromatic carbocycles. The van der Waals surface area contributed by atoms with Crippen molar-refractivity contribution in [2.75, 3.05) is 0 Å². The zero-order valence-electron chi connectivity index (χ0n) is 12.8. The number of carboxylic acids is 1. The first-order valence-corrected chi connectivity index (χ1v) is 7.78. The van der Waals surface area contributed by atoms with E-state index in [1.165, 1.54) is 6.08 Å². The van der Waals surface area contributed by atoms with Crippen molar-refractivity contribution in [2.24, 2.45) is 5.73 Å². The maximum atomic E-state index is 11.7. The second-order valence-corrected chi connectivity index (χ2v) is 5.48. The van der Waals surface area contributed by atoms with Crippen LogP contribution in [0.4, 0.5) is 0 Å². The summed E-state index contributed by atoms with van der Waals surface area (Å²) in [6.45, 7) is 3.98. The van der Waals surface area contributed by atoms with Crippen molar-refractivity contribution >= 4 is 23.5 Å². The quantitative estimate of drug-likeness (QED) is 0.615. The standard InChI is InChI=1S/C15H23ClN2O4/c1-3-10(4-2)22-12-8-9(15(20)21)7-11(17)14(12)18-13(19)5-6-16/h5-6,8,10-12,14H,3-4,7,17H2,1-2H3,(H,18,19)(H,20,21). The van der Waals surface area contributed by atoms with E-state index in [1.54, 1.807) is 6.08 Å². The summed E-state index contributed by atoms with van der Waals surface area (Å²) in [6.07, 6.45) is 3.88. The second kappa shape index (κ2) is 8.92. The fourth-order valence-corrected chi connectivity index (χ4v) is 2.55. The minimum Gasteiger partial charge on any atom is -0.478 e. The molecule has 1 amide bonds. The molecule has 22 heavy (non-hydrogen) atoms. The molecule has 1 aliphatic carbocycles. The average Bonchev–Trinajstić information content (AvgIpc) is 2.47. The van der Waals surface area contributed by atoms with Crippen molar-refractivity contribution in [3.8, 4) is 0 Å². The number of carbonyl (C=O) groups excluding carboxylic acids is 1. The number of carbonyl (C=O) groups is 2.